The average Bonchev–Trinajstić information content (AvgIpc) is 2.37. The predicted octanol–water partition coefficient (Wildman–Crippen LogP) is 0.846. The zero-order chi connectivity index (χ0) is 13.0. The first-order valence-corrected chi connectivity index (χ1v) is 5.94. The van der Waals surface area contributed by atoms with Crippen LogP contribution in [0.25, 0.3) is 0 Å². The molecule has 0 bridgehead atoms. The summed E-state index contributed by atoms with van der Waals surface area (Å²) in [5.41, 5.74) is 1.30. The number of phenolic OH excluding ortho intramolecular Hbond substituents is 1. The lowest BCUT2D eigenvalue weighted by molar-refractivity contribution is -0.0855. The van der Waals surface area contributed by atoms with Gasteiger partial charge in [-0.3, -0.25) is 4.79 Å². The molecule has 1 unspecified atom stereocenters. The van der Waals surface area contributed by atoms with Crippen LogP contribution in [0.3, 0.4) is 0 Å². The molecule has 1 heterocycles. The number of benzene rings is 1. The molecule has 98 valence electrons. The van der Waals surface area contributed by atoms with Crippen LogP contribution in [-0.2, 0) is 9.47 Å². The summed E-state index contributed by atoms with van der Waals surface area (Å²) in [5.74, 6) is -0.00487. The number of aromatic hydroxyl groups is 1. The maximum absolute atomic E-state index is 11.9. The number of carbonyl (C=O) groups excluding carboxylic acids is 1. The van der Waals surface area contributed by atoms with Gasteiger partial charge in [0, 0.05) is 12.1 Å². The molecule has 2 rings (SSSR count). The van der Waals surface area contributed by atoms with E-state index in [-0.39, 0.29) is 17.8 Å². The van der Waals surface area contributed by atoms with E-state index in [2.05, 4.69) is 5.32 Å². The van der Waals surface area contributed by atoms with E-state index >= 15 is 0 Å². The van der Waals surface area contributed by atoms with Crippen LogP contribution < -0.4 is 5.32 Å². The van der Waals surface area contributed by atoms with Gasteiger partial charge in [0.15, 0.2) is 0 Å². The first-order valence-electron chi connectivity index (χ1n) is 5.94. The second kappa shape index (κ2) is 5.84. The maximum Gasteiger partial charge on any atom is 0.251 e. The van der Waals surface area contributed by atoms with Gasteiger partial charge in [-0.25, -0.2) is 0 Å². The fourth-order valence-corrected chi connectivity index (χ4v) is 1.86. The zero-order valence-corrected chi connectivity index (χ0v) is 10.3. The molecule has 5 heteroatoms. The number of hydrogen-bond acceptors (Lipinski definition) is 4. The van der Waals surface area contributed by atoms with Crippen molar-refractivity contribution in [2.45, 2.75) is 13.0 Å². The van der Waals surface area contributed by atoms with E-state index < -0.39 is 0 Å². The van der Waals surface area contributed by atoms with Gasteiger partial charge in [-0.1, -0.05) is 0 Å². The summed E-state index contributed by atoms with van der Waals surface area (Å²) in [5, 5.41) is 12.1. The fourth-order valence-electron chi connectivity index (χ4n) is 1.86. The van der Waals surface area contributed by atoms with E-state index in [1.165, 1.54) is 6.07 Å². The monoisotopic (exact) mass is 251 g/mol. The molecule has 1 fully saturated rings. The van der Waals surface area contributed by atoms with Crippen LogP contribution in [0, 0.1) is 6.92 Å². The van der Waals surface area contributed by atoms with Crippen LogP contribution in [0.15, 0.2) is 18.2 Å². The second-order valence-corrected chi connectivity index (χ2v) is 4.28. The molecule has 0 saturated carbocycles. The largest absolute Gasteiger partial charge is 0.508 e. The average molecular weight is 251 g/mol. The van der Waals surface area contributed by atoms with Crippen molar-refractivity contribution in [2.75, 3.05) is 26.4 Å². The smallest absolute Gasteiger partial charge is 0.251 e. The van der Waals surface area contributed by atoms with Gasteiger partial charge < -0.3 is 19.9 Å². The van der Waals surface area contributed by atoms with Crippen LogP contribution in [0.2, 0.25) is 0 Å². The third-order valence-corrected chi connectivity index (χ3v) is 2.83. The van der Waals surface area contributed by atoms with Crippen molar-refractivity contribution < 1.29 is 19.4 Å². The van der Waals surface area contributed by atoms with Gasteiger partial charge >= 0.3 is 0 Å². The van der Waals surface area contributed by atoms with Gasteiger partial charge in [-0.05, 0) is 30.7 Å². The lowest BCUT2D eigenvalue weighted by Gasteiger charge is -2.23. The number of amides is 1. The standard InChI is InChI=1S/C13H17NO4/c1-9-6-10(15)2-3-12(9)13(16)14-7-11-8-17-4-5-18-11/h2-3,6,11,15H,4-5,7-8H2,1H3,(H,14,16). The number of nitrogens with one attached hydrogen (secondary N) is 1. The van der Waals surface area contributed by atoms with Crippen molar-refractivity contribution in [2.24, 2.45) is 0 Å². The summed E-state index contributed by atoms with van der Waals surface area (Å²) in [7, 11) is 0. The molecule has 1 aromatic rings. The van der Waals surface area contributed by atoms with E-state index in [1.807, 2.05) is 0 Å². The van der Waals surface area contributed by atoms with Gasteiger partial charge in [-0.2, -0.15) is 0 Å². The Hall–Kier alpha value is -1.59. The Morgan fingerprint density at radius 2 is 2.33 bits per heavy atom. The Bertz CT molecular complexity index is 427. The minimum absolute atomic E-state index is 0.0832. The number of ether oxygens (including phenoxy) is 2. The Labute approximate surface area is 106 Å². The Morgan fingerprint density at radius 3 is 3.00 bits per heavy atom. The third-order valence-electron chi connectivity index (χ3n) is 2.83. The Morgan fingerprint density at radius 1 is 1.50 bits per heavy atom. The molecule has 2 N–H and O–H groups in total. The molecule has 1 aliphatic heterocycles. The summed E-state index contributed by atoms with van der Waals surface area (Å²) in [6, 6.07) is 4.68. The highest BCUT2D eigenvalue weighted by molar-refractivity contribution is 5.95. The molecule has 0 spiro atoms. The first kappa shape index (κ1) is 12.9. The maximum atomic E-state index is 11.9. The lowest BCUT2D eigenvalue weighted by atomic mass is 10.1. The molecule has 1 aliphatic rings. The summed E-state index contributed by atoms with van der Waals surface area (Å²) < 4.78 is 10.7. The topological polar surface area (TPSA) is 67.8 Å². The van der Waals surface area contributed by atoms with Gasteiger partial charge in [0.25, 0.3) is 5.91 Å². The first-order chi connectivity index (χ1) is 8.66. The van der Waals surface area contributed by atoms with Crippen LogP contribution >= 0.6 is 0 Å². The Balaban J connectivity index is 1.90. The van der Waals surface area contributed by atoms with Gasteiger partial charge in [0.05, 0.1) is 25.9 Å². The van der Waals surface area contributed by atoms with Crippen molar-refractivity contribution in [3.63, 3.8) is 0 Å². The summed E-state index contributed by atoms with van der Waals surface area (Å²) in [4.78, 5) is 11.9. The quantitative estimate of drug-likeness (QED) is 0.835. The van der Waals surface area contributed by atoms with Crippen molar-refractivity contribution >= 4 is 5.91 Å². The summed E-state index contributed by atoms with van der Waals surface area (Å²) >= 11 is 0. The zero-order valence-electron chi connectivity index (χ0n) is 10.3. The second-order valence-electron chi connectivity index (χ2n) is 4.28. The molecule has 18 heavy (non-hydrogen) atoms. The lowest BCUT2D eigenvalue weighted by Crippen LogP contribution is -2.39. The summed E-state index contributed by atoms with van der Waals surface area (Å²) in [6.45, 7) is 3.91. The molecular weight excluding hydrogens is 234 g/mol. The highest BCUT2D eigenvalue weighted by Crippen LogP contribution is 2.15. The van der Waals surface area contributed by atoms with E-state index in [4.69, 9.17) is 9.47 Å². The Kier molecular flexibility index (Phi) is 4.17. The van der Waals surface area contributed by atoms with Gasteiger partial charge in [-0.15, -0.1) is 0 Å². The number of rotatable bonds is 3. The predicted molar refractivity (Wildman–Crippen MR) is 65.7 cm³/mol. The molecule has 5 nitrogen and oxygen atoms in total. The van der Waals surface area contributed by atoms with Crippen LogP contribution in [-0.4, -0.2) is 43.5 Å². The van der Waals surface area contributed by atoms with Crippen molar-refractivity contribution in [3.05, 3.63) is 29.3 Å². The SMILES string of the molecule is Cc1cc(O)ccc1C(=O)NCC1COCCO1. The van der Waals surface area contributed by atoms with Crippen LogP contribution in [0.4, 0.5) is 0 Å². The van der Waals surface area contributed by atoms with Crippen LogP contribution in [0.5, 0.6) is 5.75 Å². The molecule has 0 aromatic heterocycles. The van der Waals surface area contributed by atoms with Crippen molar-refractivity contribution in [1.82, 2.24) is 5.32 Å². The minimum atomic E-state index is -0.165. The highest BCUT2D eigenvalue weighted by Gasteiger charge is 2.16. The van der Waals surface area contributed by atoms with Crippen LogP contribution in [0.1, 0.15) is 15.9 Å². The number of hydrogen-bond donors (Lipinski definition) is 2. The third kappa shape index (κ3) is 3.21. The molecule has 0 radical (unpaired) electrons. The molecule has 1 atom stereocenters. The molecule has 0 aliphatic carbocycles. The van der Waals surface area contributed by atoms with E-state index in [0.717, 1.165) is 5.56 Å². The fraction of sp³-hybridized carbons (Fsp3) is 0.462. The van der Waals surface area contributed by atoms with Crippen molar-refractivity contribution in [3.8, 4) is 5.75 Å². The molecular formula is C13H17NO4. The number of carbonyl (C=O) groups is 1. The van der Waals surface area contributed by atoms with E-state index in [0.29, 0.717) is 31.9 Å². The van der Waals surface area contributed by atoms with Crippen molar-refractivity contribution in [1.29, 1.82) is 0 Å². The van der Waals surface area contributed by atoms with Gasteiger partial charge in [0.1, 0.15) is 5.75 Å². The molecule has 1 amide bonds. The highest BCUT2D eigenvalue weighted by atomic mass is 16.6. The van der Waals surface area contributed by atoms with Gasteiger partial charge in [0.2, 0.25) is 0 Å². The van der Waals surface area contributed by atoms with E-state index in [1.54, 1.807) is 19.1 Å². The van der Waals surface area contributed by atoms with E-state index in [9.17, 15) is 9.90 Å². The summed E-state index contributed by atoms with van der Waals surface area (Å²) in [6.07, 6.45) is -0.0832. The molecule has 1 saturated heterocycles. The number of aryl methyl sites for hydroxylation is 1. The number of phenols is 1. The minimum Gasteiger partial charge on any atom is -0.508 e. The normalized spacial score (nSPS) is 19.5. The molecule has 1 aromatic carbocycles.